The Hall–Kier alpha value is -2.05. The van der Waals surface area contributed by atoms with Crippen LogP contribution >= 0.6 is 0 Å². The van der Waals surface area contributed by atoms with Crippen LogP contribution in [-0.4, -0.2) is 55.2 Å². The highest BCUT2D eigenvalue weighted by molar-refractivity contribution is 5.87. The number of nitrogens with zero attached hydrogens (tertiary/aromatic N) is 1. The first kappa shape index (κ1) is 16.0. The minimum Gasteiger partial charge on any atom is -0.480 e. The number of hydrogen-bond acceptors (Lipinski definition) is 4. The van der Waals surface area contributed by atoms with Crippen molar-refractivity contribution in [1.82, 2.24) is 10.2 Å². The highest BCUT2D eigenvalue weighted by atomic mass is 16.5. The van der Waals surface area contributed by atoms with Crippen LogP contribution in [-0.2, 0) is 14.3 Å². The number of likely N-dealkylation sites (N-methyl/N-ethyl adjacent to an activating group) is 1. The molecule has 102 valence electrons. The smallest absolute Gasteiger partial charge is 0.407 e. The van der Waals surface area contributed by atoms with Crippen molar-refractivity contribution in [1.29, 1.82) is 0 Å². The van der Waals surface area contributed by atoms with Crippen LogP contribution in [0.15, 0.2) is 12.2 Å². The van der Waals surface area contributed by atoms with Gasteiger partial charge >= 0.3 is 12.1 Å². The molecule has 18 heavy (non-hydrogen) atoms. The molecule has 0 bridgehead atoms. The fourth-order valence-corrected chi connectivity index (χ4v) is 1.05. The van der Waals surface area contributed by atoms with Crippen LogP contribution in [0, 0.1) is 0 Å². The van der Waals surface area contributed by atoms with E-state index < -0.39 is 18.1 Å². The molecule has 0 saturated heterocycles. The molecule has 1 atom stereocenters. The summed E-state index contributed by atoms with van der Waals surface area (Å²) in [4.78, 5) is 34.3. The van der Waals surface area contributed by atoms with E-state index in [1.807, 2.05) is 0 Å². The van der Waals surface area contributed by atoms with Crippen molar-refractivity contribution in [3.05, 3.63) is 12.2 Å². The second-order valence-electron chi connectivity index (χ2n) is 3.74. The third kappa shape index (κ3) is 6.51. The highest BCUT2D eigenvalue weighted by Crippen LogP contribution is 2.00. The lowest BCUT2D eigenvalue weighted by Crippen LogP contribution is -2.40. The number of aliphatic carboxylic acids is 1. The second kappa shape index (κ2) is 8.10. The molecule has 0 radical (unpaired) electrons. The first-order chi connectivity index (χ1) is 8.38. The minimum atomic E-state index is -1.15. The van der Waals surface area contributed by atoms with E-state index in [1.165, 1.54) is 11.0 Å². The van der Waals surface area contributed by atoms with Crippen LogP contribution in [0.25, 0.3) is 0 Å². The Kier molecular flexibility index (Phi) is 7.18. The normalized spacial score (nSPS) is 11.9. The van der Waals surface area contributed by atoms with Gasteiger partial charge in [-0.05, 0) is 18.9 Å². The van der Waals surface area contributed by atoms with Crippen molar-refractivity contribution in [3.63, 3.8) is 0 Å². The Morgan fingerprint density at radius 2 is 2.00 bits per heavy atom. The van der Waals surface area contributed by atoms with E-state index >= 15 is 0 Å². The molecule has 0 spiro atoms. The van der Waals surface area contributed by atoms with Gasteiger partial charge in [0.2, 0.25) is 5.91 Å². The predicted octanol–water partition coefficient (Wildman–Crippen LogP) is 0.220. The van der Waals surface area contributed by atoms with Crippen LogP contribution in [0.2, 0.25) is 0 Å². The molecule has 0 aromatic heterocycles. The van der Waals surface area contributed by atoms with Crippen molar-refractivity contribution in [2.24, 2.45) is 0 Å². The largest absolute Gasteiger partial charge is 0.480 e. The predicted molar refractivity (Wildman–Crippen MR) is 64.0 cm³/mol. The fourth-order valence-electron chi connectivity index (χ4n) is 1.05. The molecule has 0 rings (SSSR count). The quantitative estimate of drug-likeness (QED) is 0.664. The summed E-state index contributed by atoms with van der Waals surface area (Å²) in [5.41, 5.74) is 0. The van der Waals surface area contributed by atoms with Crippen molar-refractivity contribution in [2.75, 3.05) is 21.2 Å². The van der Waals surface area contributed by atoms with Crippen LogP contribution in [0.1, 0.15) is 12.8 Å². The summed E-state index contributed by atoms with van der Waals surface area (Å²) in [5, 5.41) is 11.0. The number of carbonyl (C=O) groups excluding carboxylic acids is 2. The van der Waals surface area contributed by atoms with Crippen LogP contribution in [0.5, 0.6) is 0 Å². The van der Waals surface area contributed by atoms with Crippen molar-refractivity contribution in [2.45, 2.75) is 18.9 Å². The van der Waals surface area contributed by atoms with Gasteiger partial charge in [-0.1, -0.05) is 6.08 Å². The van der Waals surface area contributed by atoms with Crippen molar-refractivity contribution >= 4 is 18.0 Å². The van der Waals surface area contributed by atoms with Crippen molar-refractivity contribution < 1.29 is 24.2 Å². The van der Waals surface area contributed by atoms with Gasteiger partial charge in [0.1, 0.15) is 6.04 Å². The summed E-state index contributed by atoms with van der Waals surface area (Å²) in [6, 6.07) is -1.03. The Bertz CT molecular complexity index is 338. The molecule has 0 saturated carbocycles. The molecule has 0 heterocycles. The highest BCUT2D eigenvalue weighted by Gasteiger charge is 2.18. The van der Waals surface area contributed by atoms with Gasteiger partial charge in [-0.15, -0.1) is 0 Å². The topological polar surface area (TPSA) is 95.9 Å². The van der Waals surface area contributed by atoms with Gasteiger partial charge in [0.25, 0.3) is 0 Å². The Morgan fingerprint density at radius 3 is 2.44 bits per heavy atom. The lowest BCUT2D eigenvalue weighted by Gasteiger charge is -2.12. The van der Waals surface area contributed by atoms with Gasteiger partial charge in [0, 0.05) is 14.1 Å². The van der Waals surface area contributed by atoms with Gasteiger partial charge < -0.3 is 20.1 Å². The molecule has 2 N–H and O–H groups in total. The maximum atomic E-state index is 11.2. The molecule has 1 unspecified atom stereocenters. The maximum absolute atomic E-state index is 11.2. The SMILES string of the molecule is COC(=O)NC(CCC=CC(=O)N(C)C)C(=O)O. The van der Waals surface area contributed by atoms with E-state index in [1.54, 1.807) is 20.2 Å². The third-order valence-electron chi connectivity index (χ3n) is 2.10. The van der Waals surface area contributed by atoms with E-state index in [0.717, 1.165) is 7.11 Å². The number of carbonyl (C=O) groups is 3. The lowest BCUT2D eigenvalue weighted by molar-refractivity contribution is -0.139. The zero-order valence-corrected chi connectivity index (χ0v) is 10.7. The first-order valence-electron chi connectivity index (χ1n) is 5.33. The number of carboxylic acids is 1. The molecule has 2 amide bonds. The van der Waals surface area contributed by atoms with E-state index in [9.17, 15) is 14.4 Å². The van der Waals surface area contributed by atoms with Gasteiger partial charge in [-0.2, -0.15) is 0 Å². The average Bonchev–Trinajstić information content (AvgIpc) is 2.31. The zero-order chi connectivity index (χ0) is 14.1. The lowest BCUT2D eigenvalue weighted by atomic mass is 10.1. The second-order valence-corrected chi connectivity index (χ2v) is 3.74. The molecule has 7 heteroatoms. The molecule has 0 aliphatic rings. The summed E-state index contributed by atoms with van der Waals surface area (Å²) in [6.07, 6.45) is 2.67. The molecule has 0 aliphatic carbocycles. The van der Waals surface area contributed by atoms with Crippen LogP contribution in [0.4, 0.5) is 4.79 Å². The summed E-state index contributed by atoms with van der Waals surface area (Å²) in [5.74, 6) is -1.32. The number of carboxylic acid groups (broad SMARTS) is 1. The summed E-state index contributed by atoms with van der Waals surface area (Å²) < 4.78 is 4.31. The van der Waals surface area contributed by atoms with Gasteiger partial charge in [0.15, 0.2) is 0 Å². The molecule has 0 aromatic carbocycles. The number of nitrogens with one attached hydrogen (secondary N) is 1. The molecule has 0 fully saturated rings. The molecule has 7 nitrogen and oxygen atoms in total. The summed E-state index contributed by atoms with van der Waals surface area (Å²) in [7, 11) is 4.39. The molecular weight excluding hydrogens is 240 g/mol. The number of rotatable bonds is 6. The van der Waals surface area contributed by atoms with Gasteiger partial charge in [0.05, 0.1) is 7.11 Å². The average molecular weight is 258 g/mol. The minimum absolute atomic E-state index is 0.178. The molecular formula is C11H18N2O5. The standard InChI is InChI=1S/C11H18N2O5/c1-13(2)9(14)7-5-4-6-8(10(15)16)12-11(17)18-3/h5,7-8H,4,6H2,1-3H3,(H,12,17)(H,15,16). The molecule has 0 aromatic rings. The van der Waals surface area contributed by atoms with Crippen LogP contribution < -0.4 is 5.32 Å². The number of amides is 2. The van der Waals surface area contributed by atoms with Crippen LogP contribution in [0.3, 0.4) is 0 Å². The summed E-state index contributed by atoms with van der Waals surface area (Å²) >= 11 is 0. The van der Waals surface area contributed by atoms with E-state index in [4.69, 9.17) is 5.11 Å². The number of methoxy groups -OCH3 is 1. The Morgan fingerprint density at radius 1 is 1.39 bits per heavy atom. The van der Waals surface area contributed by atoms with E-state index in [2.05, 4.69) is 10.1 Å². The van der Waals surface area contributed by atoms with Gasteiger partial charge in [-0.3, -0.25) is 4.79 Å². The van der Waals surface area contributed by atoms with E-state index in [0.29, 0.717) is 6.42 Å². The van der Waals surface area contributed by atoms with E-state index in [-0.39, 0.29) is 12.3 Å². The number of allylic oxidation sites excluding steroid dienone is 1. The Labute approximate surface area is 105 Å². The monoisotopic (exact) mass is 258 g/mol. The summed E-state index contributed by atoms with van der Waals surface area (Å²) in [6.45, 7) is 0. The van der Waals surface area contributed by atoms with Crippen molar-refractivity contribution in [3.8, 4) is 0 Å². The zero-order valence-electron chi connectivity index (χ0n) is 10.7. The Balaban J connectivity index is 4.17. The molecule has 0 aliphatic heterocycles. The first-order valence-corrected chi connectivity index (χ1v) is 5.33. The number of hydrogen-bond donors (Lipinski definition) is 2. The maximum Gasteiger partial charge on any atom is 0.407 e. The number of alkyl carbamates (subject to hydrolysis) is 1. The number of ether oxygens (including phenoxy) is 1. The van der Waals surface area contributed by atoms with Gasteiger partial charge in [-0.25, -0.2) is 9.59 Å². The fraction of sp³-hybridized carbons (Fsp3) is 0.545. The third-order valence-corrected chi connectivity index (χ3v) is 2.10.